The van der Waals surface area contributed by atoms with Gasteiger partial charge in [-0.1, -0.05) is 20.8 Å². The average molecular weight is 272 g/mol. The number of amides is 1. The molecule has 1 N–H and O–H groups in total. The van der Waals surface area contributed by atoms with Crippen LogP contribution in [0, 0.1) is 5.92 Å². The first kappa shape index (κ1) is 18.2. The second kappa shape index (κ2) is 8.41. The van der Waals surface area contributed by atoms with Crippen LogP contribution >= 0.6 is 0 Å². The van der Waals surface area contributed by atoms with Gasteiger partial charge in [0, 0.05) is 25.7 Å². The minimum Gasteiger partial charge on any atom is -0.444 e. The number of carbonyl (C=O) groups is 1. The van der Waals surface area contributed by atoms with Crippen molar-refractivity contribution in [3.63, 3.8) is 0 Å². The Morgan fingerprint density at radius 2 is 1.84 bits per heavy atom. The van der Waals surface area contributed by atoms with Gasteiger partial charge >= 0.3 is 6.09 Å². The second-order valence-corrected chi connectivity index (χ2v) is 6.27. The van der Waals surface area contributed by atoms with E-state index >= 15 is 0 Å². The van der Waals surface area contributed by atoms with Crippen LogP contribution in [0.2, 0.25) is 0 Å². The Balaban J connectivity index is 4.16. The number of ether oxygens (including phenoxy) is 1. The molecule has 0 radical (unpaired) electrons. The first-order valence-electron chi connectivity index (χ1n) is 7.42. The van der Waals surface area contributed by atoms with Crippen molar-refractivity contribution in [2.75, 3.05) is 19.6 Å². The summed E-state index contributed by atoms with van der Waals surface area (Å²) in [6.45, 7) is 16.4. The average Bonchev–Trinajstić information content (AvgIpc) is 2.26. The van der Waals surface area contributed by atoms with Gasteiger partial charge in [-0.15, -0.1) is 0 Å². The molecule has 1 atom stereocenters. The lowest BCUT2D eigenvalue weighted by Crippen LogP contribution is -2.43. The molecule has 0 aromatic heterocycles. The van der Waals surface area contributed by atoms with Gasteiger partial charge in [-0.3, -0.25) is 0 Å². The van der Waals surface area contributed by atoms with Gasteiger partial charge in [0.2, 0.25) is 0 Å². The predicted octanol–water partition coefficient (Wildman–Crippen LogP) is 3.27. The van der Waals surface area contributed by atoms with Crippen LogP contribution in [0.3, 0.4) is 0 Å². The third kappa shape index (κ3) is 8.09. The van der Waals surface area contributed by atoms with Gasteiger partial charge in [0.25, 0.3) is 0 Å². The van der Waals surface area contributed by atoms with Gasteiger partial charge in [0.05, 0.1) is 0 Å². The number of hydrogen-bond donors (Lipinski definition) is 1. The Hall–Kier alpha value is -0.770. The molecular weight excluding hydrogens is 240 g/mol. The van der Waals surface area contributed by atoms with Crippen molar-refractivity contribution < 1.29 is 9.53 Å². The zero-order valence-electron chi connectivity index (χ0n) is 13.7. The van der Waals surface area contributed by atoms with Gasteiger partial charge in [0.15, 0.2) is 0 Å². The molecule has 0 bridgehead atoms. The van der Waals surface area contributed by atoms with E-state index in [0.29, 0.717) is 25.0 Å². The van der Waals surface area contributed by atoms with Crippen molar-refractivity contribution in [3.05, 3.63) is 0 Å². The van der Waals surface area contributed by atoms with E-state index in [9.17, 15) is 4.79 Å². The Morgan fingerprint density at radius 3 is 2.21 bits per heavy atom. The summed E-state index contributed by atoms with van der Waals surface area (Å²) in [6.07, 6.45) is 0.880. The van der Waals surface area contributed by atoms with Gasteiger partial charge < -0.3 is 15.0 Å². The molecule has 0 spiro atoms. The normalized spacial score (nSPS) is 13.5. The fraction of sp³-hybridized carbons (Fsp3) is 0.933. The third-order valence-corrected chi connectivity index (χ3v) is 3.07. The number of hydrogen-bond acceptors (Lipinski definition) is 3. The summed E-state index contributed by atoms with van der Waals surface area (Å²) < 4.78 is 5.38. The summed E-state index contributed by atoms with van der Waals surface area (Å²) in [7, 11) is 0. The van der Waals surface area contributed by atoms with Crippen LogP contribution in [-0.2, 0) is 4.74 Å². The standard InChI is InChI=1S/C15H32N2O2/c1-8-13(12(3)4)16-10-11-17(9-2)14(18)19-15(5,6)7/h12-13,16H,8-11H2,1-7H3. The van der Waals surface area contributed by atoms with Crippen LogP contribution in [-0.4, -0.2) is 42.3 Å². The molecule has 0 heterocycles. The van der Waals surface area contributed by atoms with Crippen molar-refractivity contribution >= 4 is 6.09 Å². The zero-order chi connectivity index (χ0) is 15.1. The predicted molar refractivity (Wildman–Crippen MR) is 80.4 cm³/mol. The quantitative estimate of drug-likeness (QED) is 0.773. The summed E-state index contributed by atoms with van der Waals surface area (Å²) >= 11 is 0. The van der Waals surface area contributed by atoms with Crippen LogP contribution in [0.1, 0.15) is 54.9 Å². The number of carbonyl (C=O) groups excluding carboxylic acids is 1. The minimum absolute atomic E-state index is 0.227. The van der Waals surface area contributed by atoms with Crippen molar-refractivity contribution in [3.8, 4) is 0 Å². The number of likely N-dealkylation sites (N-methyl/N-ethyl adjacent to an activating group) is 1. The highest BCUT2D eigenvalue weighted by Gasteiger charge is 2.21. The van der Waals surface area contributed by atoms with E-state index in [0.717, 1.165) is 13.0 Å². The highest BCUT2D eigenvalue weighted by atomic mass is 16.6. The zero-order valence-corrected chi connectivity index (χ0v) is 13.7. The Morgan fingerprint density at radius 1 is 1.26 bits per heavy atom. The van der Waals surface area contributed by atoms with Crippen molar-refractivity contribution in [2.24, 2.45) is 5.92 Å². The summed E-state index contributed by atoms with van der Waals surface area (Å²) in [4.78, 5) is 13.7. The lowest BCUT2D eigenvalue weighted by atomic mass is 10.0. The molecular formula is C15H32N2O2. The molecule has 4 heteroatoms. The van der Waals surface area contributed by atoms with Crippen LogP contribution in [0.25, 0.3) is 0 Å². The van der Waals surface area contributed by atoms with E-state index in [1.165, 1.54) is 0 Å². The Bertz CT molecular complexity index is 259. The molecule has 19 heavy (non-hydrogen) atoms. The van der Waals surface area contributed by atoms with Crippen molar-refractivity contribution in [2.45, 2.75) is 66.5 Å². The highest BCUT2D eigenvalue weighted by Crippen LogP contribution is 2.10. The molecule has 0 aliphatic rings. The molecule has 0 saturated carbocycles. The maximum absolute atomic E-state index is 11.9. The van der Waals surface area contributed by atoms with Gasteiger partial charge in [-0.05, 0) is 40.0 Å². The van der Waals surface area contributed by atoms with Crippen LogP contribution < -0.4 is 5.32 Å². The molecule has 114 valence electrons. The molecule has 0 aliphatic carbocycles. The Labute approximate surface area is 118 Å². The van der Waals surface area contributed by atoms with Crippen LogP contribution in [0.4, 0.5) is 4.79 Å². The number of rotatable bonds is 7. The van der Waals surface area contributed by atoms with Gasteiger partial charge in [0.1, 0.15) is 5.60 Å². The lowest BCUT2D eigenvalue weighted by Gasteiger charge is -2.28. The molecule has 4 nitrogen and oxygen atoms in total. The second-order valence-electron chi connectivity index (χ2n) is 6.27. The molecule has 1 amide bonds. The van der Waals surface area contributed by atoms with E-state index in [-0.39, 0.29) is 6.09 Å². The topological polar surface area (TPSA) is 41.6 Å². The van der Waals surface area contributed by atoms with Gasteiger partial charge in [-0.25, -0.2) is 4.79 Å². The Kier molecular flexibility index (Phi) is 8.07. The number of nitrogens with zero attached hydrogens (tertiary/aromatic N) is 1. The molecule has 0 fully saturated rings. The SMILES string of the molecule is CCC(NCCN(CC)C(=O)OC(C)(C)C)C(C)C. The summed E-state index contributed by atoms with van der Waals surface area (Å²) in [5.41, 5.74) is -0.429. The largest absolute Gasteiger partial charge is 0.444 e. The molecule has 1 unspecified atom stereocenters. The fourth-order valence-corrected chi connectivity index (χ4v) is 1.94. The van der Waals surface area contributed by atoms with Crippen molar-refractivity contribution in [1.29, 1.82) is 0 Å². The molecule has 0 rings (SSSR count). The maximum Gasteiger partial charge on any atom is 0.410 e. The van der Waals surface area contributed by atoms with E-state index in [1.807, 2.05) is 27.7 Å². The van der Waals surface area contributed by atoms with E-state index in [1.54, 1.807) is 4.90 Å². The van der Waals surface area contributed by atoms with E-state index < -0.39 is 5.60 Å². The third-order valence-electron chi connectivity index (χ3n) is 3.07. The fourth-order valence-electron chi connectivity index (χ4n) is 1.94. The van der Waals surface area contributed by atoms with Crippen LogP contribution in [0.5, 0.6) is 0 Å². The molecule has 0 aromatic rings. The monoisotopic (exact) mass is 272 g/mol. The smallest absolute Gasteiger partial charge is 0.410 e. The van der Waals surface area contributed by atoms with E-state index in [2.05, 4.69) is 26.1 Å². The van der Waals surface area contributed by atoms with Crippen LogP contribution in [0.15, 0.2) is 0 Å². The summed E-state index contributed by atoms with van der Waals surface area (Å²) in [5.74, 6) is 0.613. The summed E-state index contributed by atoms with van der Waals surface area (Å²) in [6, 6.07) is 0.511. The summed E-state index contributed by atoms with van der Waals surface area (Å²) in [5, 5.41) is 3.50. The maximum atomic E-state index is 11.9. The first-order chi connectivity index (χ1) is 8.71. The number of nitrogens with one attached hydrogen (secondary N) is 1. The van der Waals surface area contributed by atoms with Crippen molar-refractivity contribution in [1.82, 2.24) is 10.2 Å². The molecule has 0 saturated heterocycles. The minimum atomic E-state index is -0.429. The van der Waals surface area contributed by atoms with Gasteiger partial charge in [-0.2, -0.15) is 0 Å². The highest BCUT2D eigenvalue weighted by molar-refractivity contribution is 5.68. The molecule has 0 aromatic carbocycles. The lowest BCUT2D eigenvalue weighted by molar-refractivity contribution is 0.0260. The van der Waals surface area contributed by atoms with E-state index in [4.69, 9.17) is 4.74 Å². The first-order valence-corrected chi connectivity index (χ1v) is 7.42. The molecule has 0 aliphatic heterocycles.